The fourth-order valence-electron chi connectivity index (χ4n) is 4.20. The van der Waals surface area contributed by atoms with E-state index < -0.39 is 0 Å². The lowest BCUT2D eigenvalue weighted by molar-refractivity contribution is -0.0983. The minimum Gasteiger partial charge on any atom is -0.489 e. The van der Waals surface area contributed by atoms with Gasteiger partial charge >= 0.3 is 6.03 Å². The van der Waals surface area contributed by atoms with Gasteiger partial charge in [-0.15, -0.1) is 0 Å². The summed E-state index contributed by atoms with van der Waals surface area (Å²) in [6, 6.07) is 17.2. The van der Waals surface area contributed by atoms with Crippen LogP contribution in [-0.2, 0) is 0 Å². The summed E-state index contributed by atoms with van der Waals surface area (Å²) in [7, 11) is 0. The molecule has 1 saturated carbocycles. The first kappa shape index (κ1) is 17.3. The summed E-state index contributed by atoms with van der Waals surface area (Å²) in [6.07, 6.45) is 3.94. The summed E-state index contributed by atoms with van der Waals surface area (Å²) in [6.45, 7) is 1.56. The van der Waals surface area contributed by atoms with Crippen LogP contribution in [0.15, 0.2) is 60.8 Å². The minimum atomic E-state index is -0.0592. The molecule has 5 nitrogen and oxygen atoms in total. The standard InChI is InChI=1S/C22H20ClN3O2/c23-16-5-7-17(8-6-16)25-21(27)26-13-22(14-26)10-19(11-22)28-18-9-15-3-1-2-4-20(15)24-12-18/h1-9,12,19H,10-11,13-14H2,(H,25,27). The van der Waals surface area contributed by atoms with E-state index in [-0.39, 0.29) is 17.6 Å². The molecule has 1 aliphatic carbocycles. The fourth-order valence-corrected chi connectivity index (χ4v) is 4.32. The van der Waals surface area contributed by atoms with Crippen LogP contribution in [0, 0.1) is 5.41 Å². The lowest BCUT2D eigenvalue weighted by atomic mass is 9.62. The molecule has 0 unspecified atom stereocenters. The SMILES string of the molecule is O=C(Nc1ccc(Cl)cc1)N1CC2(CC(Oc3cnc4ccccc4c3)C2)C1. The molecule has 5 rings (SSSR count). The highest BCUT2D eigenvalue weighted by Crippen LogP contribution is 2.49. The third kappa shape index (κ3) is 3.27. The number of hydrogen-bond donors (Lipinski definition) is 1. The van der Waals surface area contributed by atoms with Gasteiger partial charge in [-0.1, -0.05) is 29.8 Å². The molecule has 0 atom stereocenters. The van der Waals surface area contributed by atoms with E-state index in [1.54, 1.807) is 30.5 Å². The second-order valence-electron chi connectivity index (χ2n) is 7.80. The number of aromatic nitrogens is 1. The summed E-state index contributed by atoms with van der Waals surface area (Å²) in [5.74, 6) is 0.815. The first-order valence-electron chi connectivity index (χ1n) is 9.42. The summed E-state index contributed by atoms with van der Waals surface area (Å²) in [4.78, 5) is 18.6. The second-order valence-corrected chi connectivity index (χ2v) is 8.24. The highest BCUT2D eigenvalue weighted by atomic mass is 35.5. The molecule has 3 aromatic rings. The molecule has 2 heterocycles. The van der Waals surface area contributed by atoms with Crippen LogP contribution in [-0.4, -0.2) is 35.1 Å². The number of benzene rings is 2. The Bertz CT molecular complexity index is 1020. The average Bonchev–Trinajstić information content (AvgIpc) is 2.64. The summed E-state index contributed by atoms with van der Waals surface area (Å²) in [5.41, 5.74) is 1.95. The molecule has 2 fully saturated rings. The van der Waals surface area contributed by atoms with Crippen LogP contribution in [0.4, 0.5) is 10.5 Å². The Hall–Kier alpha value is -2.79. The largest absolute Gasteiger partial charge is 0.489 e. The third-order valence-corrected chi connectivity index (χ3v) is 5.88. The molecule has 1 saturated heterocycles. The smallest absolute Gasteiger partial charge is 0.321 e. The molecule has 2 aliphatic rings. The molecular weight excluding hydrogens is 374 g/mol. The average molecular weight is 394 g/mol. The van der Waals surface area contributed by atoms with Crippen molar-refractivity contribution in [1.29, 1.82) is 0 Å². The summed E-state index contributed by atoms with van der Waals surface area (Å²) in [5, 5.41) is 4.66. The normalized spacial score (nSPS) is 17.8. The van der Waals surface area contributed by atoms with Gasteiger partial charge < -0.3 is 15.0 Å². The van der Waals surface area contributed by atoms with Gasteiger partial charge in [-0.05, 0) is 49.2 Å². The number of anilines is 1. The maximum Gasteiger partial charge on any atom is 0.321 e. The molecule has 1 spiro atoms. The lowest BCUT2D eigenvalue weighted by Gasteiger charge is -2.58. The molecular formula is C22H20ClN3O2. The van der Waals surface area contributed by atoms with Crippen molar-refractivity contribution in [3.8, 4) is 5.75 Å². The Labute approximate surface area is 168 Å². The van der Waals surface area contributed by atoms with E-state index in [9.17, 15) is 4.79 Å². The number of nitrogens with zero attached hydrogens (tertiary/aromatic N) is 2. The summed E-state index contributed by atoms with van der Waals surface area (Å²) < 4.78 is 6.10. The molecule has 0 radical (unpaired) electrons. The Balaban J connectivity index is 1.12. The van der Waals surface area contributed by atoms with E-state index in [2.05, 4.69) is 10.3 Å². The predicted molar refractivity (Wildman–Crippen MR) is 110 cm³/mol. The number of carbonyl (C=O) groups is 1. The number of hydrogen-bond acceptors (Lipinski definition) is 3. The highest BCUT2D eigenvalue weighted by molar-refractivity contribution is 6.30. The number of nitrogens with one attached hydrogen (secondary N) is 1. The van der Waals surface area contributed by atoms with Crippen molar-refractivity contribution >= 4 is 34.2 Å². The second kappa shape index (κ2) is 6.67. The quantitative estimate of drug-likeness (QED) is 0.684. The minimum absolute atomic E-state index is 0.0592. The Kier molecular flexibility index (Phi) is 4.13. The van der Waals surface area contributed by atoms with Crippen LogP contribution in [0.2, 0.25) is 5.02 Å². The van der Waals surface area contributed by atoms with E-state index in [1.165, 1.54) is 0 Å². The Morgan fingerprint density at radius 1 is 1.14 bits per heavy atom. The number of pyridine rings is 1. The number of para-hydroxylation sites is 1. The van der Waals surface area contributed by atoms with Gasteiger partial charge in [0.2, 0.25) is 0 Å². The zero-order chi connectivity index (χ0) is 19.1. The number of halogens is 1. The van der Waals surface area contributed by atoms with Crippen LogP contribution in [0.5, 0.6) is 5.75 Å². The van der Waals surface area contributed by atoms with Crippen LogP contribution < -0.4 is 10.1 Å². The van der Waals surface area contributed by atoms with Crippen LogP contribution in [0.3, 0.4) is 0 Å². The van der Waals surface area contributed by atoms with Crippen LogP contribution in [0.25, 0.3) is 10.9 Å². The zero-order valence-electron chi connectivity index (χ0n) is 15.3. The molecule has 1 aromatic heterocycles. The number of likely N-dealkylation sites (tertiary alicyclic amines) is 1. The molecule has 2 aromatic carbocycles. The molecule has 2 amide bonds. The van der Waals surface area contributed by atoms with E-state index in [0.717, 1.165) is 48.3 Å². The zero-order valence-corrected chi connectivity index (χ0v) is 16.0. The third-order valence-electron chi connectivity index (χ3n) is 5.62. The van der Waals surface area contributed by atoms with Gasteiger partial charge in [-0.3, -0.25) is 4.98 Å². The summed E-state index contributed by atoms with van der Waals surface area (Å²) >= 11 is 5.87. The van der Waals surface area contributed by atoms with Crippen molar-refractivity contribution in [2.75, 3.05) is 18.4 Å². The lowest BCUT2D eigenvalue weighted by Crippen LogP contribution is -2.66. The maximum absolute atomic E-state index is 12.3. The van der Waals surface area contributed by atoms with Crippen molar-refractivity contribution in [2.24, 2.45) is 5.41 Å². The first-order valence-corrected chi connectivity index (χ1v) is 9.79. The number of carbonyl (C=O) groups excluding carboxylic acids is 1. The molecule has 6 heteroatoms. The molecule has 0 bridgehead atoms. The van der Waals surface area contributed by atoms with Crippen molar-refractivity contribution in [2.45, 2.75) is 18.9 Å². The highest BCUT2D eigenvalue weighted by Gasteiger charge is 2.54. The van der Waals surface area contributed by atoms with Gasteiger partial charge in [-0.25, -0.2) is 4.79 Å². The van der Waals surface area contributed by atoms with E-state index >= 15 is 0 Å². The van der Waals surface area contributed by atoms with Gasteiger partial charge in [0.25, 0.3) is 0 Å². The number of rotatable bonds is 3. The van der Waals surface area contributed by atoms with E-state index in [1.807, 2.05) is 35.2 Å². The van der Waals surface area contributed by atoms with Crippen molar-refractivity contribution < 1.29 is 9.53 Å². The number of ether oxygens (including phenoxy) is 1. The fraction of sp³-hybridized carbons (Fsp3) is 0.273. The van der Waals surface area contributed by atoms with Gasteiger partial charge in [-0.2, -0.15) is 0 Å². The first-order chi connectivity index (χ1) is 13.6. The van der Waals surface area contributed by atoms with Crippen molar-refractivity contribution in [3.63, 3.8) is 0 Å². The van der Waals surface area contributed by atoms with Gasteiger partial charge in [0.15, 0.2) is 0 Å². The van der Waals surface area contributed by atoms with Crippen LogP contribution in [0.1, 0.15) is 12.8 Å². The van der Waals surface area contributed by atoms with Crippen molar-refractivity contribution in [3.05, 3.63) is 65.8 Å². The Morgan fingerprint density at radius 3 is 2.68 bits per heavy atom. The van der Waals surface area contributed by atoms with Gasteiger partial charge in [0, 0.05) is 34.6 Å². The Morgan fingerprint density at radius 2 is 1.89 bits per heavy atom. The molecule has 1 aliphatic heterocycles. The molecule has 28 heavy (non-hydrogen) atoms. The van der Waals surface area contributed by atoms with Crippen molar-refractivity contribution in [1.82, 2.24) is 9.88 Å². The monoisotopic (exact) mass is 393 g/mol. The van der Waals surface area contributed by atoms with Crippen LogP contribution >= 0.6 is 11.6 Å². The molecule has 142 valence electrons. The molecule has 1 N–H and O–H groups in total. The van der Waals surface area contributed by atoms with E-state index in [4.69, 9.17) is 16.3 Å². The van der Waals surface area contributed by atoms with Gasteiger partial charge in [0.05, 0.1) is 11.7 Å². The number of urea groups is 1. The topological polar surface area (TPSA) is 54.5 Å². The predicted octanol–water partition coefficient (Wildman–Crippen LogP) is 4.96. The maximum atomic E-state index is 12.3. The number of fused-ring (bicyclic) bond motifs is 1. The van der Waals surface area contributed by atoms with E-state index in [0.29, 0.717) is 5.02 Å². The number of amides is 2. The van der Waals surface area contributed by atoms with Gasteiger partial charge in [0.1, 0.15) is 11.9 Å².